The summed E-state index contributed by atoms with van der Waals surface area (Å²) in [5.74, 6) is 2.94. The number of allylic oxidation sites excluding steroid dienone is 1. The minimum atomic E-state index is 0.315. The summed E-state index contributed by atoms with van der Waals surface area (Å²) >= 11 is 0. The summed E-state index contributed by atoms with van der Waals surface area (Å²) in [6.45, 7) is 7.60. The van der Waals surface area contributed by atoms with Gasteiger partial charge in [0, 0.05) is 12.0 Å². The predicted octanol–water partition coefficient (Wildman–Crippen LogP) is 4.84. The number of hydrogen-bond acceptors (Lipinski definition) is 2. The standard InChI is InChI=1S/C22H35NO/c1-20-11-8-16(24)14-15(20)6-7-17-18(20)9-12-21(2)19(17)10-13-22(21,3)23(4)5/h14,17-19H,6-13H2,1-5H3/t17?,18?,19?,20?,21?,22-/m0/s1. The lowest BCUT2D eigenvalue weighted by atomic mass is 9.46. The van der Waals surface area contributed by atoms with E-state index in [-0.39, 0.29) is 0 Å². The van der Waals surface area contributed by atoms with Crippen LogP contribution >= 0.6 is 0 Å². The fraction of sp³-hybridized carbons (Fsp3) is 0.864. The molecule has 0 N–H and O–H groups in total. The molecule has 134 valence electrons. The second-order valence-electron chi connectivity index (χ2n) is 10.1. The Hall–Kier alpha value is -0.630. The number of fused-ring (bicyclic) bond motifs is 5. The van der Waals surface area contributed by atoms with Crippen LogP contribution in [-0.4, -0.2) is 30.3 Å². The van der Waals surface area contributed by atoms with Crippen LogP contribution in [0.1, 0.15) is 72.1 Å². The topological polar surface area (TPSA) is 20.3 Å². The normalized spacial score (nSPS) is 51.0. The van der Waals surface area contributed by atoms with Crippen molar-refractivity contribution in [2.45, 2.75) is 77.7 Å². The van der Waals surface area contributed by atoms with Gasteiger partial charge in [0.15, 0.2) is 5.78 Å². The Kier molecular flexibility index (Phi) is 3.64. The average Bonchev–Trinajstić information content (AvgIpc) is 2.81. The summed E-state index contributed by atoms with van der Waals surface area (Å²) < 4.78 is 0. The number of rotatable bonds is 1. The molecule has 5 unspecified atom stereocenters. The Balaban J connectivity index is 1.69. The molecule has 0 aromatic carbocycles. The van der Waals surface area contributed by atoms with Crippen LogP contribution in [-0.2, 0) is 4.79 Å². The third kappa shape index (κ3) is 1.95. The van der Waals surface area contributed by atoms with Gasteiger partial charge in [0.25, 0.3) is 0 Å². The van der Waals surface area contributed by atoms with Crippen molar-refractivity contribution in [3.63, 3.8) is 0 Å². The highest BCUT2D eigenvalue weighted by molar-refractivity contribution is 5.91. The highest BCUT2D eigenvalue weighted by atomic mass is 16.1. The van der Waals surface area contributed by atoms with Gasteiger partial charge in [0.05, 0.1) is 0 Å². The van der Waals surface area contributed by atoms with Gasteiger partial charge in [-0.25, -0.2) is 0 Å². The molecule has 0 saturated heterocycles. The molecule has 0 bridgehead atoms. The first kappa shape index (κ1) is 16.8. The van der Waals surface area contributed by atoms with E-state index in [0.717, 1.165) is 30.6 Å². The van der Waals surface area contributed by atoms with E-state index in [1.165, 1.54) is 44.1 Å². The van der Waals surface area contributed by atoms with Gasteiger partial charge in [-0.15, -0.1) is 0 Å². The summed E-state index contributed by atoms with van der Waals surface area (Å²) in [4.78, 5) is 14.4. The molecule has 0 aliphatic heterocycles. The Bertz CT molecular complexity index is 593. The monoisotopic (exact) mass is 329 g/mol. The molecule has 2 nitrogen and oxygen atoms in total. The van der Waals surface area contributed by atoms with E-state index in [1.807, 2.05) is 6.08 Å². The van der Waals surface area contributed by atoms with Crippen LogP contribution in [0.3, 0.4) is 0 Å². The van der Waals surface area contributed by atoms with Crippen molar-refractivity contribution in [2.24, 2.45) is 28.6 Å². The summed E-state index contributed by atoms with van der Waals surface area (Å²) in [6, 6.07) is 0. The lowest BCUT2D eigenvalue weighted by Crippen LogP contribution is -2.58. The van der Waals surface area contributed by atoms with Crippen LogP contribution in [0.4, 0.5) is 0 Å². The Morgan fingerprint density at radius 1 is 0.958 bits per heavy atom. The molecular formula is C22H35NO. The SMILES string of the molecule is CN(C)[C@@]1(C)CCC2C3CCC4=CC(=O)CCC4(C)C3CCC21C. The van der Waals surface area contributed by atoms with E-state index in [4.69, 9.17) is 0 Å². The molecule has 0 spiro atoms. The zero-order valence-corrected chi connectivity index (χ0v) is 16.3. The molecule has 3 fully saturated rings. The number of carbonyl (C=O) groups is 1. The van der Waals surface area contributed by atoms with Gasteiger partial charge in [-0.3, -0.25) is 4.79 Å². The fourth-order valence-electron chi connectivity index (χ4n) is 7.54. The van der Waals surface area contributed by atoms with E-state index in [9.17, 15) is 4.79 Å². The van der Waals surface area contributed by atoms with Gasteiger partial charge < -0.3 is 4.90 Å². The van der Waals surface area contributed by atoms with Crippen LogP contribution in [0.5, 0.6) is 0 Å². The van der Waals surface area contributed by atoms with Crippen molar-refractivity contribution in [2.75, 3.05) is 14.1 Å². The van der Waals surface area contributed by atoms with Crippen molar-refractivity contribution >= 4 is 5.78 Å². The summed E-state index contributed by atoms with van der Waals surface area (Å²) in [6.07, 6.45) is 11.9. The Morgan fingerprint density at radius 2 is 1.67 bits per heavy atom. The predicted molar refractivity (Wildman–Crippen MR) is 98.8 cm³/mol. The quantitative estimate of drug-likeness (QED) is 0.686. The third-order valence-corrected chi connectivity index (χ3v) is 9.51. The van der Waals surface area contributed by atoms with Gasteiger partial charge >= 0.3 is 0 Å². The fourth-order valence-corrected chi connectivity index (χ4v) is 7.54. The van der Waals surface area contributed by atoms with Crippen molar-refractivity contribution in [1.82, 2.24) is 4.90 Å². The molecule has 0 aromatic heterocycles. The van der Waals surface area contributed by atoms with Crippen LogP contribution in [0.15, 0.2) is 11.6 Å². The number of hydrogen-bond donors (Lipinski definition) is 0. The maximum absolute atomic E-state index is 11.9. The van der Waals surface area contributed by atoms with Gasteiger partial charge in [0.2, 0.25) is 0 Å². The largest absolute Gasteiger partial charge is 0.303 e. The molecule has 6 atom stereocenters. The van der Waals surface area contributed by atoms with Gasteiger partial charge in [-0.05, 0) is 101 Å². The molecule has 24 heavy (non-hydrogen) atoms. The van der Waals surface area contributed by atoms with Crippen LogP contribution in [0.25, 0.3) is 0 Å². The van der Waals surface area contributed by atoms with Crippen LogP contribution < -0.4 is 0 Å². The van der Waals surface area contributed by atoms with E-state index in [0.29, 0.717) is 22.2 Å². The molecular weight excluding hydrogens is 294 g/mol. The van der Waals surface area contributed by atoms with E-state index in [2.05, 4.69) is 39.8 Å². The Morgan fingerprint density at radius 3 is 2.38 bits per heavy atom. The maximum atomic E-state index is 11.9. The smallest absolute Gasteiger partial charge is 0.155 e. The second-order valence-corrected chi connectivity index (χ2v) is 10.1. The minimum Gasteiger partial charge on any atom is -0.303 e. The first-order valence-electron chi connectivity index (χ1n) is 10.1. The highest BCUT2D eigenvalue weighted by Crippen LogP contribution is 2.68. The van der Waals surface area contributed by atoms with Crippen LogP contribution in [0.2, 0.25) is 0 Å². The molecule has 2 heteroatoms. The number of nitrogens with zero attached hydrogens (tertiary/aromatic N) is 1. The third-order valence-electron chi connectivity index (χ3n) is 9.51. The van der Waals surface area contributed by atoms with Gasteiger partial charge in [0.1, 0.15) is 0 Å². The average molecular weight is 330 g/mol. The lowest BCUT2D eigenvalue weighted by molar-refractivity contribution is -0.118. The van der Waals surface area contributed by atoms with Crippen molar-refractivity contribution in [3.05, 3.63) is 11.6 Å². The summed E-state index contributed by atoms with van der Waals surface area (Å²) in [7, 11) is 4.57. The van der Waals surface area contributed by atoms with E-state index < -0.39 is 0 Å². The van der Waals surface area contributed by atoms with Crippen molar-refractivity contribution in [3.8, 4) is 0 Å². The van der Waals surface area contributed by atoms with Gasteiger partial charge in [-0.2, -0.15) is 0 Å². The molecule has 0 heterocycles. The number of ketones is 1. The van der Waals surface area contributed by atoms with Crippen LogP contribution in [0, 0.1) is 28.6 Å². The van der Waals surface area contributed by atoms with E-state index in [1.54, 1.807) is 0 Å². The molecule has 4 rings (SSSR count). The molecule has 3 saturated carbocycles. The lowest BCUT2D eigenvalue weighted by Gasteiger charge is -2.60. The zero-order valence-electron chi connectivity index (χ0n) is 16.3. The molecule has 0 radical (unpaired) electrons. The first-order valence-corrected chi connectivity index (χ1v) is 10.1. The highest BCUT2D eigenvalue weighted by Gasteiger charge is 2.63. The zero-order chi connectivity index (χ0) is 17.3. The molecule has 0 aromatic rings. The molecule has 4 aliphatic carbocycles. The Labute approximate surface area is 148 Å². The van der Waals surface area contributed by atoms with E-state index >= 15 is 0 Å². The summed E-state index contributed by atoms with van der Waals surface area (Å²) in [5.41, 5.74) is 2.62. The second kappa shape index (κ2) is 5.19. The first-order chi connectivity index (χ1) is 11.2. The van der Waals surface area contributed by atoms with Gasteiger partial charge in [-0.1, -0.05) is 19.4 Å². The molecule has 0 amide bonds. The van der Waals surface area contributed by atoms with Crippen molar-refractivity contribution < 1.29 is 4.79 Å². The summed E-state index contributed by atoms with van der Waals surface area (Å²) in [5, 5.41) is 0. The number of carbonyl (C=O) groups excluding carboxylic acids is 1. The van der Waals surface area contributed by atoms with Crippen molar-refractivity contribution in [1.29, 1.82) is 0 Å². The maximum Gasteiger partial charge on any atom is 0.155 e. The molecule has 4 aliphatic rings. The minimum absolute atomic E-state index is 0.315.